The van der Waals surface area contributed by atoms with Crippen LogP contribution in [0.15, 0.2) is 5.38 Å². The molecule has 1 aromatic rings. The molecule has 1 aromatic heterocycles. The van der Waals surface area contributed by atoms with E-state index >= 15 is 0 Å². The van der Waals surface area contributed by atoms with Gasteiger partial charge in [-0.1, -0.05) is 34.1 Å². The van der Waals surface area contributed by atoms with E-state index in [1.807, 2.05) is 13.8 Å². The van der Waals surface area contributed by atoms with Crippen molar-refractivity contribution in [1.29, 1.82) is 0 Å². The summed E-state index contributed by atoms with van der Waals surface area (Å²) in [7, 11) is 0. The average Bonchev–Trinajstić information content (AvgIpc) is 2.90. The van der Waals surface area contributed by atoms with Crippen molar-refractivity contribution in [3.05, 3.63) is 11.1 Å². The molecule has 0 aliphatic rings. The molecule has 0 saturated carbocycles. The van der Waals surface area contributed by atoms with Gasteiger partial charge in [-0.05, 0) is 5.92 Å². The number of nitrogens with one attached hydrogen (secondary N) is 2. The van der Waals surface area contributed by atoms with Crippen LogP contribution < -0.4 is 16.4 Å². The van der Waals surface area contributed by atoms with Crippen LogP contribution in [0.5, 0.6) is 0 Å². The van der Waals surface area contributed by atoms with Crippen molar-refractivity contribution in [2.24, 2.45) is 17.6 Å². The summed E-state index contributed by atoms with van der Waals surface area (Å²) in [6.45, 7) is 7.36. The number of anilines is 1. The minimum atomic E-state index is -0.689. The molecule has 3 amide bonds. The Hall–Kier alpha value is -1.96. The highest BCUT2D eigenvalue weighted by Crippen LogP contribution is 2.17. The van der Waals surface area contributed by atoms with Crippen molar-refractivity contribution in [2.75, 3.05) is 5.32 Å². The number of thiazole rings is 1. The summed E-state index contributed by atoms with van der Waals surface area (Å²) in [4.78, 5) is 39.3. The molecule has 8 heteroatoms. The molecule has 4 N–H and O–H groups in total. The molecule has 0 radical (unpaired) electrons. The molecule has 0 aliphatic carbocycles. The Bertz CT molecular complexity index is 571. The van der Waals surface area contributed by atoms with E-state index < -0.39 is 11.9 Å². The highest BCUT2D eigenvalue weighted by molar-refractivity contribution is 7.13. The molecule has 0 aliphatic heterocycles. The van der Waals surface area contributed by atoms with Crippen LogP contribution in [0.2, 0.25) is 0 Å². The first kappa shape index (κ1) is 19.1. The number of carbonyl (C=O) groups is 3. The van der Waals surface area contributed by atoms with Gasteiger partial charge < -0.3 is 16.4 Å². The lowest BCUT2D eigenvalue weighted by Crippen LogP contribution is -2.48. The Morgan fingerprint density at radius 3 is 2.48 bits per heavy atom. The lowest BCUT2D eigenvalue weighted by Gasteiger charge is -2.20. The maximum atomic E-state index is 12.0. The molecule has 0 fully saturated rings. The molecule has 23 heavy (non-hydrogen) atoms. The van der Waals surface area contributed by atoms with Crippen LogP contribution in [0.1, 0.15) is 39.8 Å². The van der Waals surface area contributed by atoms with Gasteiger partial charge in [0.15, 0.2) is 5.13 Å². The minimum absolute atomic E-state index is 0.0345. The van der Waals surface area contributed by atoms with Crippen molar-refractivity contribution < 1.29 is 14.4 Å². The fourth-order valence-corrected chi connectivity index (χ4v) is 2.53. The predicted octanol–water partition coefficient (Wildman–Crippen LogP) is 1.30. The predicted molar refractivity (Wildman–Crippen MR) is 89.9 cm³/mol. The van der Waals surface area contributed by atoms with E-state index in [0.717, 1.165) is 6.42 Å². The third kappa shape index (κ3) is 5.97. The molecule has 0 saturated heterocycles. The van der Waals surface area contributed by atoms with Gasteiger partial charge in [-0.2, -0.15) is 0 Å². The number of aromatic nitrogens is 1. The van der Waals surface area contributed by atoms with Gasteiger partial charge in [0.05, 0.1) is 12.1 Å². The summed E-state index contributed by atoms with van der Waals surface area (Å²) in [5.41, 5.74) is 5.87. The van der Waals surface area contributed by atoms with Crippen LogP contribution in [0, 0.1) is 11.8 Å². The average molecular weight is 340 g/mol. The largest absolute Gasteiger partial charge is 0.368 e. The van der Waals surface area contributed by atoms with Crippen LogP contribution in [-0.2, 0) is 20.8 Å². The zero-order chi connectivity index (χ0) is 17.6. The lowest BCUT2D eigenvalue weighted by atomic mass is 9.98. The molecule has 1 heterocycles. The van der Waals surface area contributed by atoms with Crippen LogP contribution in [0.25, 0.3) is 0 Å². The minimum Gasteiger partial charge on any atom is -0.368 e. The van der Waals surface area contributed by atoms with Gasteiger partial charge in [-0.3, -0.25) is 14.4 Å². The maximum Gasteiger partial charge on any atom is 0.240 e. The molecule has 128 valence electrons. The Kier molecular flexibility index (Phi) is 7.15. The first-order valence-electron chi connectivity index (χ1n) is 7.58. The first-order chi connectivity index (χ1) is 10.7. The molecule has 0 bridgehead atoms. The molecule has 1 rings (SSSR count). The van der Waals surface area contributed by atoms with Gasteiger partial charge in [0, 0.05) is 11.3 Å². The van der Waals surface area contributed by atoms with Crippen LogP contribution >= 0.6 is 11.3 Å². The Morgan fingerprint density at radius 2 is 1.96 bits per heavy atom. The molecule has 0 aromatic carbocycles. The number of nitrogens with zero attached hydrogens (tertiary/aromatic N) is 1. The van der Waals surface area contributed by atoms with E-state index in [2.05, 4.69) is 15.6 Å². The van der Waals surface area contributed by atoms with Crippen molar-refractivity contribution in [3.8, 4) is 0 Å². The lowest BCUT2D eigenvalue weighted by molar-refractivity contribution is -0.128. The third-order valence-corrected chi connectivity index (χ3v) is 4.29. The summed E-state index contributed by atoms with van der Waals surface area (Å²) in [5.74, 6) is -1.16. The molecular formula is C15H24N4O3S. The van der Waals surface area contributed by atoms with Crippen molar-refractivity contribution in [1.82, 2.24) is 10.3 Å². The van der Waals surface area contributed by atoms with Gasteiger partial charge >= 0.3 is 0 Å². The zero-order valence-electron chi connectivity index (χ0n) is 13.9. The number of primary amides is 1. The summed E-state index contributed by atoms with van der Waals surface area (Å²) >= 11 is 1.26. The highest BCUT2D eigenvalue weighted by atomic mass is 32.1. The maximum absolute atomic E-state index is 12.0. The van der Waals surface area contributed by atoms with Crippen LogP contribution in [-0.4, -0.2) is 28.7 Å². The number of rotatable bonds is 8. The van der Waals surface area contributed by atoms with E-state index in [1.165, 1.54) is 11.3 Å². The molecular weight excluding hydrogens is 316 g/mol. The summed E-state index contributed by atoms with van der Waals surface area (Å²) in [6.07, 6.45) is 0.768. The second-order valence-electron chi connectivity index (χ2n) is 5.80. The number of nitrogens with two attached hydrogens (primary N) is 1. The van der Waals surface area contributed by atoms with Gasteiger partial charge in [-0.15, -0.1) is 11.3 Å². The molecule has 0 spiro atoms. The normalized spacial score (nSPS) is 13.4. The SMILES string of the molecule is CCC(C)C(NC(=O)Cc1csc(NC(=O)C(C)C)n1)C(N)=O. The smallest absolute Gasteiger partial charge is 0.240 e. The van der Waals surface area contributed by atoms with Crippen LogP contribution in [0.4, 0.5) is 5.13 Å². The second kappa shape index (κ2) is 8.61. The molecule has 7 nitrogen and oxygen atoms in total. The summed E-state index contributed by atoms with van der Waals surface area (Å²) in [6, 6.07) is -0.689. The summed E-state index contributed by atoms with van der Waals surface area (Å²) < 4.78 is 0. The van der Waals surface area contributed by atoms with Crippen molar-refractivity contribution in [2.45, 2.75) is 46.6 Å². The van der Waals surface area contributed by atoms with E-state index in [4.69, 9.17) is 5.73 Å². The number of carbonyl (C=O) groups excluding carboxylic acids is 3. The van der Waals surface area contributed by atoms with Crippen molar-refractivity contribution >= 4 is 34.2 Å². The third-order valence-electron chi connectivity index (χ3n) is 3.48. The van der Waals surface area contributed by atoms with E-state index in [9.17, 15) is 14.4 Å². The highest BCUT2D eigenvalue weighted by Gasteiger charge is 2.23. The number of hydrogen-bond acceptors (Lipinski definition) is 5. The quantitative estimate of drug-likeness (QED) is 0.661. The standard InChI is InChI=1S/C15H24N4O3S/c1-5-9(4)12(13(16)21)18-11(20)6-10-7-23-15(17-10)19-14(22)8(2)3/h7-9,12H,5-6H2,1-4H3,(H2,16,21)(H,18,20)(H,17,19,22). The Balaban J connectivity index is 2.62. The fraction of sp³-hybridized carbons (Fsp3) is 0.600. The fourth-order valence-electron chi connectivity index (χ4n) is 1.81. The monoisotopic (exact) mass is 340 g/mol. The van der Waals surface area contributed by atoms with E-state index in [1.54, 1.807) is 19.2 Å². The van der Waals surface area contributed by atoms with Gasteiger partial charge in [-0.25, -0.2) is 4.98 Å². The molecule has 2 atom stereocenters. The zero-order valence-corrected chi connectivity index (χ0v) is 14.7. The van der Waals surface area contributed by atoms with Gasteiger partial charge in [0.1, 0.15) is 6.04 Å². The Morgan fingerprint density at radius 1 is 1.30 bits per heavy atom. The van der Waals surface area contributed by atoms with Crippen LogP contribution in [0.3, 0.4) is 0 Å². The molecule has 2 unspecified atom stereocenters. The number of hydrogen-bond donors (Lipinski definition) is 3. The van der Waals surface area contributed by atoms with Gasteiger partial charge in [0.25, 0.3) is 0 Å². The van der Waals surface area contributed by atoms with E-state index in [-0.39, 0.29) is 30.1 Å². The van der Waals surface area contributed by atoms with E-state index in [0.29, 0.717) is 10.8 Å². The Labute approximate surface area is 140 Å². The summed E-state index contributed by atoms with van der Waals surface area (Å²) in [5, 5.41) is 7.50. The van der Waals surface area contributed by atoms with Gasteiger partial charge in [0.2, 0.25) is 17.7 Å². The van der Waals surface area contributed by atoms with Crippen molar-refractivity contribution in [3.63, 3.8) is 0 Å². The first-order valence-corrected chi connectivity index (χ1v) is 8.46. The number of amides is 3. The topological polar surface area (TPSA) is 114 Å². The second-order valence-corrected chi connectivity index (χ2v) is 6.66.